The van der Waals surface area contributed by atoms with Gasteiger partial charge in [-0.3, -0.25) is 9.59 Å². The molecule has 4 N–H and O–H groups in total. The Hall–Kier alpha value is -5.26. The predicted octanol–water partition coefficient (Wildman–Crippen LogP) is 3.57. The summed E-state index contributed by atoms with van der Waals surface area (Å²) in [6.07, 6.45) is -0.705. The molecule has 46 heavy (non-hydrogen) atoms. The molecule has 3 atom stereocenters. The summed E-state index contributed by atoms with van der Waals surface area (Å²) in [4.78, 5) is 53.3. The van der Waals surface area contributed by atoms with E-state index in [2.05, 4.69) is 16.0 Å². The first-order chi connectivity index (χ1) is 21.8. The zero-order valence-corrected chi connectivity index (χ0v) is 26.4. The second-order valence-electron chi connectivity index (χ2n) is 11.9. The summed E-state index contributed by atoms with van der Waals surface area (Å²) in [6.45, 7) is 5.11. The zero-order valence-electron chi connectivity index (χ0n) is 26.4. The van der Waals surface area contributed by atoms with Gasteiger partial charge in [-0.15, -0.1) is 0 Å². The monoisotopic (exact) mass is 633 g/mol. The lowest BCUT2D eigenvalue weighted by Crippen LogP contribution is -2.57. The van der Waals surface area contributed by atoms with Crippen molar-refractivity contribution in [1.82, 2.24) is 16.0 Å². The summed E-state index contributed by atoms with van der Waals surface area (Å²) in [7, 11) is 2.74. The normalized spacial score (nSPS) is 18.7. The van der Waals surface area contributed by atoms with Crippen LogP contribution in [0, 0.1) is 0 Å². The molecule has 0 saturated heterocycles. The molecular weight excluding hydrogens is 594 g/mol. The fourth-order valence-electron chi connectivity index (χ4n) is 4.81. The third kappa shape index (κ3) is 9.37. The average molecular weight is 634 g/mol. The second-order valence-corrected chi connectivity index (χ2v) is 11.9. The highest BCUT2D eigenvalue weighted by atomic mass is 16.6. The lowest BCUT2D eigenvalue weighted by atomic mass is 10.0. The van der Waals surface area contributed by atoms with Crippen molar-refractivity contribution in [1.29, 1.82) is 0 Å². The molecule has 3 aromatic carbocycles. The van der Waals surface area contributed by atoms with Gasteiger partial charge in [-0.05, 0) is 73.9 Å². The number of rotatable bonds is 5. The minimum atomic E-state index is -1.16. The van der Waals surface area contributed by atoms with Gasteiger partial charge in [0.05, 0.1) is 14.2 Å². The minimum absolute atomic E-state index is 0.0000177. The van der Waals surface area contributed by atoms with Crippen LogP contribution in [-0.4, -0.2) is 66.9 Å². The van der Waals surface area contributed by atoms with Crippen LogP contribution >= 0.6 is 0 Å². The van der Waals surface area contributed by atoms with E-state index in [0.717, 1.165) is 0 Å². The van der Waals surface area contributed by atoms with Gasteiger partial charge in [-0.25, -0.2) is 9.59 Å². The van der Waals surface area contributed by atoms with Crippen molar-refractivity contribution >= 4 is 23.9 Å². The molecule has 4 bridgehead atoms. The van der Waals surface area contributed by atoms with E-state index in [4.69, 9.17) is 18.9 Å². The molecule has 0 aromatic heterocycles. The van der Waals surface area contributed by atoms with Crippen LogP contribution in [0.2, 0.25) is 0 Å². The van der Waals surface area contributed by atoms with Crippen LogP contribution < -0.4 is 25.4 Å². The molecule has 2 heterocycles. The molecule has 3 aromatic rings. The number of amides is 3. The molecule has 5 rings (SSSR count). The van der Waals surface area contributed by atoms with Crippen molar-refractivity contribution in [2.75, 3.05) is 14.2 Å². The minimum Gasteiger partial charge on any atom is -0.504 e. The predicted molar refractivity (Wildman–Crippen MR) is 168 cm³/mol. The number of methoxy groups -OCH3 is 2. The Bertz CT molecular complexity index is 1550. The van der Waals surface area contributed by atoms with Gasteiger partial charge in [0.1, 0.15) is 35.2 Å². The standard InChI is InChI=1S/C34H39N3O9/c1-34(2,3)46-33(42)37-26-17-21-8-13-24(14-9-21)45-29-19-22(10-15-28(29)38)18-27(32(41)44-5)36-30(39)25(35-31(26)40)16-20-6-11-23(43-4)12-7-20/h6-15,19,25-27,38H,16-18H2,1-5H3,(H,35,40)(H,36,39)(H,37,42)/t25-,26-,27-/m0/s1. The highest BCUT2D eigenvalue weighted by Crippen LogP contribution is 2.32. The van der Waals surface area contributed by atoms with E-state index in [1.54, 1.807) is 81.4 Å². The molecule has 0 spiro atoms. The van der Waals surface area contributed by atoms with Crippen molar-refractivity contribution in [2.24, 2.45) is 0 Å². The molecule has 2 aliphatic heterocycles. The largest absolute Gasteiger partial charge is 0.504 e. The van der Waals surface area contributed by atoms with Crippen molar-refractivity contribution in [3.63, 3.8) is 0 Å². The topological polar surface area (TPSA) is 162 Å². The number of carbonyl (C=O) groups excluding carboxylic acids is 4. The molecule has 0 fully saturated rings. The Labute approximate surface area is 267 Å². The lowest BCUT2D eigenvalue weighted by Gasteiger charge is -2.26. The van der Waals surface area contributed by atoms with E-state index in [1.807, 2.05) is 0 Å². The van der Waals surface area contributed by atoms with E-state index in [1.165, 1.54) is 20.3 Å². The number of carbonyl (C=O) groups is 4. The number of alkyl carbamates (subject to hydrolysis) is 1. The summed E-state index contributed by atoms with van der Waals surface area (Å²) in [5.41, 5.74) is 1.13. The first kappa shape index (κ1) is 33.6. The highest BCUT2D eigenvalue weighted by Gasteiger charge is 2.32. The number of phenols is 1. The number of ether oxygens (including phenoxy) is 4. The maximum absolute atomic E-state index is 13.8. The van der Waals surface area contributed by atoms with E-state index >= 15 is 0 Å². The van der Waals surface area contributed by atoms with E-state index in [-0.39, 0.29) is 30.8 Å². The number of hydrogen-bond donors (Lipinski definition) is 4. The smallest absolute Gasteiger partial charge is 0.408 e. The Kier molecular flexibility index (Phi) is 10.7. The molecule has 12 heteroatoms. The van der Waals surface area contributed by atoms with Gasteiger partial charge in [-0.2, -0.15) is 0 Å². The summed E-state index contributed by atoms with van der Waals surface area (Å²) in [5.74, 6) is -0.977. The second kappa shape index (κ2) is 14.7. The van der Waals surface area contributed by atoms with Crippen LogP contribution in [-0.2, 0) is 43.1 Å². The third-order valence-electron chi connectivity index (χ3n) is 7.10. The van der Waals surface area contributed by atoms with Gasteiger partial charge >= 0.3 is 12.1 Å². The van der Waals surface area contributed by atoms with Crippen LogP contribution in [0.5, 0.6) is 23.0 Å². The van der Waals surface area contributed by atoms with Gasteiger partial charge in [0.15, 0.2) is 11.5 Å². The van der Waals surface area contributed by atoms with Gasteiger partial charge in [-0.1, -0.05) is 30.3 Å². The Balaban J connectivity index is 1.75. The molecule has 2 aliphatic rings. The third-order valence-corrected chi connectivity index (χ3v) is 7.10. The van der Waals surface area contributed by atoms with Gasteiger partial charge < -0.3 is 40.0 Å². The molecule has 0 aliphatic carbocycles. The highest BCUT2D eigenvalue weighted by molar-refractivity contribution is 5.93. The molecule has 0 unspecified atom stereocenters. The number of hydrogen-bond acceptors (Lipinski definition) is 9. The van der Waals surface area contributed by atoms with Crippen LogP contribution in [0.15, 0.2) is 66.7 Å². The number of benzene rings is 3. The SMILES string of the molecule is COC(=O)[C@@H]1Cc2ccc(O)c(c2)Oc2ccc(cc2)C[C@H](NC(=O)OC(C)(C)C)C(=O)N[C@@H](Cc2ccc(OC)cc2)C(=O)N1. The average Bonchev–Trinajstić information content (AvgIpc) is 3.01. The summed E-state index contributed by atoms with van der Waals surface area (Å²) >= 11 is 0. The first-order valence-corrected chi connectivity index (χ1v) is 14.7. The summed E-state index contributed by atoms with van der Waals surface area (Å²) < 4.78 is 21.5. The van der Waals surface area contributed by atoms with Crippen molar-refractivity contribution in [3.05, 3.63) is 83.4 Å². The van der Waals surface area contributed by atoms with E-state index in [0.29, 0.717) is 28.2 Å². The molecule has 0 radical (unpaired) electrons. The summed E-state index contributed by atoms with van der Waals surface area (Å²) in [5, 5.41) is 18.6. The zero-order chi connectivity index (χ0) is 33.4. The van der Waals surface area contributed by atoms with E-state index in [9.17, 15) is 24.3 Å². The van der Waals surface area contributed by atoms with Gasteiger partial charge in [0, 0.05) is 19.3 Å². The number of esters is 1. The van der Waals surface area contributed by atoms with Gasteiger partial charge in [0.25, 0.3) is 0 Å². The maximum atomic E-state index is 13.8. The first-order valence-electron chi connectivity index (χ1n) is 14.7. The lowest BCUT2D eigenvalue weighted by molar-refractivity contribution is -0.145. The van der Waals surface area contributed by atoms with Crippen molar-refractivity contribution < 1.29 is 43.2 Å². The maximum Gasteiger partial charge on any atom is 0.408 e. The Morgan fingerprint density at radius 1 is 0.913 bits per heavy atom. The van der Waals surface area contributed by atoms with Crippen molar-refractivity contribution in [2.45, 2.75) is 63.8 Å². The number of aromatic hydroxyl groups is 1. The fourth-order valence-corrected chi connectivity index (χ4v) is 4.81. The Morgan fingerprint density at radius 3 is 2.22 bits per heavy atom. The quantitative estimate of drug-likeness (QED) is 0.308. The van der Waals surface area contributed by atoms with Crippen LogP contribution in [0.3, 0.4) is 0 Å². The summed E-state index contributed by atoms with van der Waals surface area (Å²) in [6, 6.07) is 14.9. The van der Waals surface area contributed by atoms with Gasteiger partial charge in [0.2, 0.25) is 11.8 Å². The molecule has 244 valence electrons. The number of phenolic OH excluding ortho intramolecular Hbond substituents is 1. The number of fused-ring (bicyclic) bond motifs is 10. The number of nitrogens with one attached hydrogen (secondary N) is 3. The van der Waals surface area contributed by atoms with Crippen molar-refractivity contribution in [3.8, 4) is 23.0 Å². The molecule has 12 nitrogen and oxygen atoms in total. The van der Waals surface area contributed by atoms with Crippen LogP contribution in [0.4, 0.5) is 4.79 Å². The van der Waals surface area contributed by atoms with Crippen LogP contribution in [0.1, 0.15) is 37.5 Å². The fraction of sp³-hybridized carbons (Fsp3) is 0.353. The Morgan fingerprint density at radius 2 is 1.59 bits per heavy atom. The molecular formula is C34H39N3O9. The van der Waals surface area contributed by atoms with Crippen LogP contribution in [0.25, 0.3) is 0 Å². The van der Waals surface area contributed by atoms with E-state index < -0.39 is 47.6 Å². The molecule has 0 saturated carbocycles. The molecule has 3 amide bonds.